The number of benzene rings is 1. The maximum absolute atomic E-state index is 12.6. The number of likely N-dealkylation sites (tertiary alicyclic amines) is 1. The van der Waals surface area contributed by atoms with E-state index < -0.39 is 0 Å². The predicted octanol–water partition coefficient (Wildman–Crippen LogP) is 2.02. The van der Waals surface area contributed by atoms with E-state index in [9.17, 15) is 4.79 Å². The van der Waals surface area contributed by atoms with Crippen molar-refractivity contribution >= 4 is 18.1 Å². The van der Waals surface area contributed by atoms with E-state index in [1.54, 1.807) is 0 Å². The van der Waals surface area contributed by atoms with E-state index in [0.29, 0.717) is 29.6 Å². The Morgan fingerprint density at radius 2 is 2.00 bits per heavy atom. The molecule has 0 saturated carbocycles. The summed E-state index contributed by atoms with van der Waals surface area (Å²) in [5, 5.41) is 19.6. The van der Waals surface area contributed by atoms with Gasteiger partial charge in [-0.15, -0.1) is 10.2 Å². The first kappa shape index (κ1) is 18.5. The molecule has 3 heterocycles. The summed E-state index contributed by atoms with van der Waals surface area (Å²) in [5.74, 6) is 1.83. The number of tetrazole rings is 1. The lowest BCUT2D eigenvalue weighted by Gasteiger charge is -2.31. The molecular weight excluding hydrogens is 376 g/mol. The van der Waals surface area contributed by atoms with Crippen molar-refractivity contribution in [2.45, 2.75) is 38.8 Å². The lowest BCUT2D eigenvalue weighted by atomic mass is 9.96. The van der Waals surface area contributed by atoms with Gasteiger partial charge >= 0.3 is 0 Å². The predicted molar refractivity (Wildman–Crippen MR) is 105 cm³/mol. The molecule has 4 rings (SSSR count). The van der Waals surface area contributed by atoms with Crippen LogP contribution in [0.5, 0.6) is 0 Å². The van der Waals surface area contributed by atoms with Crippen LogP contribution in [0.15, 0.2) is 30.3 Å². The van der Waals surface area contributed by atoms with Crippen LogP contribution in [0.2, 0.25) is 0 Å². The topological polar surface area (TPSA) is 97.5 Å². The Kier molecular flexibility index (Phi) is 5.29. The Morgan fingerprint density at radius 3 is 2.71 bits per heavy atom. The summed E-state index contributed by atoms with van der Waals surface area (Å²) in [6, 6.07) is 9.60. The summed E-state index contributed by atoms with van der Waals surface area (Å²) >= 11 is 5.27. The van der Waals surface area contributed by atoms with E-state index in [1.165, 1.54) is 4.80 Å². The Hall–Kier alpha value is -2.88. The number of hydrogen-bond acceptors (Lipinski definition) is 6. The minimum absolute atomic E-state index is 0.00446. The van der Waals surface area contributed by atoms with Crippen molar-refractivity contribution < 1.29 is 4.79 Å². The first-order valence-corrected chi connectivity index (χ1v) is 9.82. The molecule has 0 unspecified atom stereocenters. The summed E-state index contributed by atoms with van der Waals surface area (Å²) in [5.41, 5.74) is 0.881. The van der Waals surface area contributed by atoms with Gasteiger partial charge in [-0.1, -0.05) is 30.3 Å². The molecule has 0 atom stereocenters. The quantitative estimate of drug-likeness (QED) is 0.661. The highest BCUT2D eigenvalue weighted by Crippen LogP contribution is 2.27. The number of carbonyl (C=O) groups excluding carboxylic acids is 1. The SMILES string of the molecule is CCn1c(C2CCN(C(=O)Cn3nnc(-c4ccccc4)n3)CC2)n[nH]c1=S. The Bertz CT molecular complexity index is 1000. The van der Waals surface area contributed by atoms with Crippen LogP contribution in [0.1, 0.15) is 31.5 Å². The number of H-pyrrole nitrogens is 1. The second kappa shape index (κ2) is 8.01. The average Bonchev–Trinajstić information content (AvgIpc) is 3.35. The lowest BCUT2D eigenvalue weighted by molar-refractivity contribution is -0.133. The highest BCUT2D eigenvalue weighted by atomic mass is 32.1. The molecule has 0 radical (unpaired) electrons. The maximum atomic E-state index is 12.6. The Morgan fingerprint density at radius 1 is 1.25 bits per heavy atom. The highest BCUT2D eigenvalue weighted by Gasteiger charge is 2.27. The third-order valence-corrected chi connectivity index (χ3v) is 5.39. The number of nitrogens with zero attached hydrogens (tertiary/aromatic N) is 7. The van der Waals surface area contributed by atoms with Gasteiger partial charge in [-0.2, -0.15) is 9.90 Å². The monoisotopic (exact) mass is 398 g/mol. The number of aromatic nitrogens is 7. The van der Waals surface area contributed by atoms with Crippen molar-refractivity contribution in [1.29, 1.82) is 0 Å². The van der Waals surface area contributed by atoms with Crippen LogP contribution in [0.25, 0.3) is 11.4 Å². The molecule has 1 fully saturated rings. The lowest BCUT2D eigenvalue weighted by Crippen LogP contribution is -2.40. The molecule has 0 bridgehead atoms. The number of hydrogen-bond donors (Lipinski definition) is 1. The highest BCUT2D eigenvalue weighted by molar-refractivity contribution is 7.71. The average molecular weight is 398 g/mol. The van der Waals surface area contributed by atoms with Crippen LogP contribution in [-0.2, 0) is 17.9 Å². The fraction of sp³-hybridized carbons (Fsp3) is 0.444. The van der Waals surface area contributed by atoms with E-state index in [1.807, 2.05) is 39.8 Å². The fourth-order valence-corrected chi connectivity index (χ4v) is 3.84. The second-order valence-corrected chi connectivity index (χ2v) is 7.18. The van der Waals surface area contributed by atoms with Gasteiger partial charge in [-0.25, -0.2) is 0 Å². The summed E-state index contributed by atoms with van der Waals surface area (Å²) in [6.45, 7) is 4.33. The standard InChI is InChI=1S/C18H22N8OS/c1-2-25-17(20-21-18(25)28)14-8-10-24(11-9-14)15(27)12-26-22-16(19-23-26)13-6-4-3-5-7-13/h3-7,14H,2,8-12H2,1H3,(H,21,28). The molecule has 1 amide bonds. The molecule has 1 aromatic carbocycles. The van der Waals surface area contributed by atoms with Crippen molar-refractivity contribution in [1.82, 2.24) is 39.9 Å². The van der Waals surface area contributed by atoms with Crippen LogP contribution >= 0.6 is 12.2 Å². The van der Waals surface area contributed by atoms with Crippen LogP contribution in [-0.4, -0.2) is 58.9 Å². The summed E-state index contributed by atoms with van der Waals surface area (Å²) in [7, 11) is 0. The summed E-state index contributed by atoms with van der Waals surface area (Å²) < 4.78 is 2.68. The third-order valence-electron chi connectivity index (χ3n) is 5.08. The van der Waals surface area contributed by atoms with Crippen molar-refractivity contribution in [3.05, 3.63) is 40.9 Å². The fourth-order valence-electron chi connectivity index (χ4n) is 3.57. The summed E-state index contributed by atoms with van der Waals surface area (Å²) in [4.78, 5) is 15.9. The maximum Gasteiger partial charge on any atom is 0.246 e. The zero-order valence-electron chi connectivity index (χ0n) is 15.7. The van der Waals surface area contributed by atoms with Crippen LogP contribution < -0.4 is 0 Å². The molecule has 10 heteroatoms. The Labute approximate surface area is 167 Å². The van der Waals surface area contributed by atoms with Gasteiger partial charge in [-0.05, 0) is 37.2 Å². The summed E-state index contributed by atoms with van der Waals surface area (Å²) in [6.07, 6.45) is 1.73. The normalized spacial score (nSPS) is 15.1. The molecule has 1 aliphatic heterocycles. The van der Waals surface area contributed by atoms with E-state index in [0.717, 1.165) is 30.8 Å². The van der Waals surface area contributed by atoms with Crippen LogP contribution in [0, 0.1) is 4.77 Å². The van der Waals surface area contributed by atoms with E-state index >= 15 is 0 Å². The van der Waals surface area contributed by atoms with Crippen LogP contribution in [0.3, 0.4) is 0 Å². The van der Waals surface area contributed by atoms with E-state index in [-0.39, 0.29) is 12.5 Å². The van der Waals surface area contributed by atoms with Crippen molar-refractivity contribution in [2.24, 2.45) is 0 Å². The number of nitrogens with one attached hydrogen (secondary N) is 1. The van der Waals surface area contributed by atoms with Gasteiger partial charge < -0.3 is 9.47 Å². The van der Waals surface area contributed by atoms with Gasteiger partial charge in [0, 0.05) is 31.1 Å². The minimum atomic E-state index is 0.00446. The zero-order chi connectivity index (χ0) is 19.5. The van der Waals surface area contributed by atoms with Crippen LogP contribution in [0.4, 0.5) is 0 Å². The van der Waals surface area contributed by atoms with Gasteiger partial charge in [0.2, 0.25) is 11.7 Å². The smallest absolute Gasteiger partial charge is 0.246 e. The Balaban J connectivity index is 1.36. The van der Waals surface area contributed by atoms with Gasteiger partial charge in [0.05, 0.1) is 0 Å². The third kappa shape index (κ3) is 3.72. The van der Waals surface area contributed by atoms with Gasteiger partial charge in [0.15, 0.2) is 4.77 Å². The van der Waals surface area contributed by atoms with E-state index in [2.05, 4.69) is 32.5 Å². The molecule has 1 saturated heterocycles. The molecule has 9 nitrogen and oxygen atoms in total. The number of rotatable bonds is 5. The van der Waals surface area contributed by atoms with Crippen molar-refractivity contribution in [3.8, 4) is 11.4 Å². The van der Waals surface area contributed by atoms with Crippen molar-refractivity contribution in [2.75, 3.05) is 13.1 Å². The molecule has 2 aromatic heterocycles. The molecule has 146 valence electrons. The molecule has 3 aromatic rings. The first-order chi connectivity index (χ1) is 13.7. The molecule has 28 heavy (non-hydrogen) atoms. The molecule has 0 spiro atoms. The number of carbonyl (C=O) groups is 1. The number of aromatic amines is 1. The molecule has 1 N–H and O–H groups in total. The molecule has 1 aliphatic rings. The number of amides is 1. The van der Waals surface area contributed by atoms with Gasteiger partial charge in [0.25, 0.3) is 0 Å². The molecular formula is C18H22N8OS. The first-order valence-electron chi connectivity index (χ1n) is 9.41. The van der Waals surface area contributed by atoms with Gasteiger partial charge in [-0.3, -0.25) is 9.89 Å². The van der Waals surface area contributed by atoms with Crippen molar-refractivity contribution in [3.63, 3.8) is 0 Å². The largest absolute Gasteiger partial charge is 0.341 e. The van der Waals surface area contributed by atoms with E-state index in [4.69, 9.17) is 12.2 Å². The minimum Gasteiger partial charge on any atom is -0.341 e. The molecule has 0 aliphatic carbocycles. The van der Waals surface area contributed by atoms with Gasteiger partial charge in [0.1, 0.15) is 12.4 Å². The zero-order valence-corrected chi connectivity index (χ0v) is 16.5. The second-order valence-electron chi connectivity index (χ2n) is 6.80. The number of piperidine rings is 1.